The molecule has 31 heavy (non-hydrogen) atoms. The predicted molar refractivity (Wildman–Crippen MR) is 117 cm³/mol. The number of aliphatic carboxylic acids is 2. The van der Waals surface area contributed by atoms with Crippen LogP contribution in [0.15, 0.2) is 30.3 Å². The lowest BCUT2D eigenvalue weighted by Gasteiger charge is -2.44. The Morgan fingerprint density at radius 1 is 0.871 bits per heavy atom. The molecule has 2 saturated heterocycles. The summed E-state index contributed by atoms with van der Waals surface area (Å²) in [4.78, 5) is 25.4. The highest BCUT2D eigenvalue weighted by Crippen LogP contribution is 2.35. The zero-order valence-electron chi connectivity index (χ0n) is 18.7. The van der Waals surface area contributed by atoms with Gasteiger partial charge in [-0.3, -0.25) is 4.90 Å². The number of nitrogens with zero attached hydrogens (tertiary/aromatic N) is 2. The van der Waals surface area contributed by atoms with Gasteiger partial charge >= 0.3 is 5.97 Å². The fraction of sp³-hybridized carbons (Fsp3) is 0.667. The van der Waals surface area contributed by atoms with Gasteiger partial charge in [-0.1, -0.05) is 30.3 Å². The molecular weight excluding hydrogens is 394 g/mol. The maximum atomic E-state index is 9.04. The Morgan fingerprint density at radius 3 is 1.87 bits per heavy atom. The van der Waals surface area contributed by atoms with E-state index in [1.54, 1.807) is 10.5 Å². The second-order valence-corrected chi connectivity index (χ2v) is 9.27. The van der Waals surface area contributed by atoms with Crippen LogP contribution in [0.5, 0.6) is 0 Å². The number of piperidine rings is 1. The summed E-state index contributed by atoms with van der Waals surface area (Å²) >= 11 is 0. The lowest BCUT2D eigenvalue weighted by Crippen LogP contribution is -3.12. The van der Waals surface area contributed by atoms with Gasteiger partial charge in [0.2, 0.25) is 0 Å². The molecule has 1 aromatic carbocycles. The van der Waals surface area contributed by atoms with Crippen LogP contribution in [0.25, 0.3) is 0 Å². The van der Waals surface area contributed by atoms with Gasteiger partial charge < -0.3 is 24.8 Å². The molecule has 0 aromatic heterocycles. The van der Waals surface area contributed by atoms with Crippen molar-refractivity contribution in [2.45, 2.75) is 56.5 Å². The molecule has 1 saturated carbocycles. The molecule has 0 unspecified atom stereocenters. The minimum Gasteiger partial charge on any atom is -0.539 e. The third kappa shape index (κ3) is 7.02. The van der Waals surface area contributed by atoms with Gasteiger partial charge in [0.1, 0.15) is 0 Å². The number of nitrogens with one attached hydrogen (secondary N) is 1. The zero-order chi connectivity index (χ0) is 22.2. The first-order valence-electron chi connectivity index (χ1n) is 11.7. The van der Waals surface area contributed by atoms with E-state index in [4.69, 9.17) is 19.8 Å². The minimum atomic E-state index is -2.07. The molecule has 0 bridgehead atoms. The van der Waals surface area contributed by atoms with Gasteiger partial charge in [-0.15, -0.1) is 0 Å². The molecule has 2 N–H and O–H groups in total. The fourth-order valence-corrected chi connectivity index (χ4v) is 5.39. The first-order chi connectivity index (χ1) is 14.9. The molecular formula is C24H37N3O4. The van der Waals surface area contributed by atoms with Gasteiger partial charge in [-0.05, 0) is 63.1 Å². The van der Waals surface area contributed by atoms with Crippen molar-refractivity contribution in [3.05, 3.63) is 35.9 Å². The number of carboxylic acids is 2. The summed E-state index contributed by atoms with van der Waals surface area (Å²) in [5, 5.41) is 16.3. The third-order valence-electron chi connectivity index (χ3n) is 7.33. The largest absolute Gasteiger partial charge is 0.539 e. The average molecular weight is 432 g/mol. The molecule has 2 heterocycles. The molecule has 7 heteroatoms. The van der Waals surface area contributed by atoms with E-state index in [1.165, 1.54) is 77.8 Å². The first-order valence-corrected chi connectivity index (χ1v) is 11.7. The predicted octanol–water partition coefficient (Wildman–Crippen LogP) is -0.172. The van der Waals surface area contributed by atoms with Crippen LogP contribution in [0.3, 0.4) is 0 Å². The van der Waals surface area contributed by atoms with Crippen LogP contribution >= 0.6 is 0 Å². The molecule has 1 aliphatic carbocycles. The highest BCUT2D eigenvalue weighted by Gasteiger charge is 2.32. The number of rotatable bonds is 3. The number of likely N-dealkylation sites (tertiary alicyclic amines) is 1. The van der Waals surface area contributed by atoms with E-state index in [9.17, 15) is 0 Å². The molecule has 7 nitrogen and oxygen atoms in total. The van der Waals surface area contributed by atoms with Crippen LogP contribution in [0, 0.1) is 0 Å². The van der Waals surface area contributed by atoms with Gasteiger partial charge in [0.25, 0.3) is 0 Å². The lowest BCUT2D eigenvalue weighted by molar-refractivity contribution is -0.884. The third-order valence-corrected chi connectivity index (χ3v) is 7.33. The Balaban J connectivity index is 0.000000401. The van der Waals surface area contributed by atoms with Gasteiger partial charge in [0, 0.05) is 25.2 Å². The van der Waals surface area contributed by atoms with Crippen LogP contribution in [0.4, 0.5) is 0 Å². The van der Waals surface area contributed by atoms with E-state index < -0.39 is 11.9 Å². The van der Waals surface area contributed by atoms with Gasteiger partial charge in [0.15, 0.2) is 5.97 Å². The summed E-state index contributed by atoms with van der Waals surface area (Å²) in [7, 11) is 2.34. The maximum absolute atomic E-state index is 9.04. The molecule has 3 aliphatic rings. The van der Waals surface area contributed by atoms with Crippen molar-refractivity contribution >= 4 is 11.9 Å². The smallest absolute Gasteiger partial charge is 0.351 e. The number of quaternary nitrogens is 1. The second-order valence-electron chi connectivity index (χ2n) is 9.27. The Kier molecular flexibility index (Phi) is 8.87. The topological polar surface area (TPSA) is 88.4 Å². The Morgan fingerprint density at radius 2 is 1.35 bits per heavy atom. The van der Waals surface area contributed by atoms with Crippen LogP contribution in [0.2, 0.25) is 0 Å². The number of hydrogen-bond donors (Lipinski definition) is 2. The summed E-state index contributed by atoms with van der Waals surface area (Å²) < 4.78 is 0. The fourth-order valence-electron chi connectivity index (χ4n) is 5.39. The highest BCUT2D eigenvalue weighted by atomic mass is 16.4. The van der Waals surface area contributed by atoms with Crippen LogP contribution < -0.4 is 10.0 Å². The van der Waals surface area contributed by atoms with Gasteiger partial charge in [-0.25, -0.2) is 4.79 Å². The highest BCUT2D eigenvalue weighted by molar-refractivity contribution is 6.26. The Hall–Kier alpha value is -1.96. The quantitative estimate of drug-likeness (QED) is 0.646. The van der Waals surface area contributed by atoms with Crippen molar-refractivity contribution in [3.8, 4) is 0 Å². The molecule has 0 spiro atoms. The lowest BCUT2D eigenvalue weighted by atomic mass is 9.81. The number of carboxylic acid groups (broad SMARTS) is 2. The van der Waals surface area contributed by atoms with Crippen molar-refractivity contribution in [2.24, 2.45) is 0 Å². The Labute approximate surface area is 185 Å². The van der Waals surface area contributed by atoms with E-state index in [2.05, 4.69) is 47.2 Å². The molecule has 0 atom stereocenters. The van der Waals surface area contributed by atoms with E-state index in [-0.39, 0.29) is 0 Å². The standard InChI is InChI=1S/C22H35N3.C2H2O4/c1-23-15-17-25(18-16-23)22-11-13-24(14-12-22)21-9-7-20(8-10-21)19-5-3-2-4-6-19;3-1(4)2(5)6/h2-6,20-22H,7-18H2,1H3;(H,3,4)(H,5,6). The van der Waals surface area contributed by atoms with Gasteiger partial charge in [-0.2, -0.15) is 0 Å². The molecule has 0 radical (unpaired) electrons. The molecule has 0 amide bonds. The molecule has 172 valence electrons. The molecule has 2 aliphatic heterocycles. The summed E-state index contributed by atoms with van der Waals surface area (Å²) in [5.74, 6) is -3.20. The number of carbonyl (C=O) groups is 2. The van der Waals surface area contributed by atoms with Crippen molar-refractivity contribution < 1.29 is 24.7 Å². The molecule has 4 rings (SSSR count). The van der Waals surface area contributed by atoms with Crippen LogP contribution in [0.1, 0.15) is 50.0 Å². The SMILES string of the molecule is C[NH+]1CCN(C2CCN(C3CCC(c4ccccc4)CC3)CC2)CC1.O=C([O-])C(=O)O. The van der Waals surface area contributed by atoms with Crippen LogP contribution in [-0.2, 0) is 9.59 Å². The maximum Gasteiger partial charge on any atom is 0.351 e. The van der Waals surface area contributed by atoms with E-state index in [1.807, 2.05) is 0 Å². The summed E-state index contributed by atoms with van der Waals surface area (Å²) in [5.41, 5.74) is 1.57. The van der Waals surface area contributed by atoms with Gasteiger partial charge in [0.05, 0.1) is 20.1 Å². The summed E-state index contributed by atoms with van der Waals surface area (Å²) in [6.45, 7) is 7.99. The van der Waals surface area contributed by atoms with Crippen molar-refractivity contribution in [2.75, 3.05) is 46.3 Å². The van der Waals surface area contributed by atoms with E-state index in [0.717, 1.165) is 18.0 Å². The molecule has 3 fully saturated rings. The number of piperazine rings is 1. The summed E-state index contributed by atoms with van der Waals surface area (Å²) in [6.07, 6.45) is 8.38. The van der Waals surface area contributed by atoms with Crippen molar-refractivity contribution in [1.29, 1.82) is 0 Å². The normalized spacial score (nSPS) is 26.6. The Bertz CT molecular complexity index is 678. The van der Waals surface area contributed by atoms with Crippen LogP contribution in [-0.4, -0.2) is 85.2 Å². The van der Waals surface area contributed by atoms with E-state index >= 15 is 0 Å². The number of carbonyl (C=O) groups excluding carboxylic acids is 1. The second kappa shape index (κ2) is 11.6. The number of benzene rings is 1. The minimum absolute atomic E-state index is 0.808. The molecule has 1 aromatic rings. The average Bonchev–Trinajstić information content (AvgIpc) is 2.81. The first kappa shape index (κ1) is 23.7. The van der Waals surface area contributed by atoms with Crippen molar-refractivity contribution in [3.63, 3.8) is 0 Å². The number of likely N-dealkylation sites (N-methyl/N-ethyl adjacent to an activating group) is 1. The monoisotopic (exact) mass is 431 g/mol. The van der Waals surface area contributed by atoms with Crippen molar-refractivity contribution in [1.82, 2.24) is 9.80 Å². The van der Waals surface area contributed by atoms with E-state index in [0.29, 0.717) is 0 Å². The number of hydrogen-bond acceptors (Lipinski definition) is 5. The zero-order valence-corrected chi connectivity index (χ0v) is 18.7. The summed E-state index contributed by atoms with van der Waals surface area (Å²) in [6, 6.07) is 12.9.